The summed E-state index contributed by atoms with van der Waals surface area (Å²) in [5.74, 6) is 2.29. The molecule has 1 amide bonds. The molecule has 10 nitrogen and oxygen atoms in total. The summed E-state index contributed by atoms with van der Waals surface area (Å²) in [5.41, 5.74) is 1.82. The topological polar surface area (TPSA) is 128 Å². The van der Waals surface area contributed by atoms with Crippen LogP contribution in [0.15, 0.2) is 12.1 Å². The fourth-order valence-electron chi connectivity index (χ4n) is 4.17. The van der Waals surface area contributed by atoms with Crippen LogP contribution in [0.1, 0.15) is 48.3 Å². The number of aliphatic hydroxyl groups excluding tert-OH is 1. The number of piperidine rings is 1. The van der Waals surface area contributed by atoms with Crippen LogP contribution in [0.3, 0.4) is 0 Å². The third kappa shape index (κ3) is 5.77. The molecule has 0 saturated carbocycles. The lowest BCUT2D eigenvalue weighted by Crippen LogP contribution is -2.37. The van der Waals surface area contributed by atoms with Crippen LogP contribution >= 0.6 is 11.9 Å². The fourth-order valence-corrected chi connectivity index (χ4v) is 4.61. The average Bonchev–Trinajstić information content (AvgIpc) is 2.78. The zero-order valence-electron chi connectivity index (χ0n) is 18.3. The summed E-state index contributed by atoms with van der Waals surface area (Å²) in [6.45, 7) is 4.53. The van der Waals surface area contributed by atoms with E-state index in [2.05, 4.69) is 40.4 Å². The Hall–Kier alpha value is -2.66. The molecular weight excluding hydrogens is 428 g/mol. The van der Waals surface area contributed by atoms with E-state index in [0.717, 1.165) is 56.7 Å². The first-order valence-corrected chi connectivity index (χ1v) is 12.1. The molecule has 11 heteroatoms. The summed E-state index contributed by atoms with van der Waals surface area (Å²) in [7, 11) is 0. The van der Waals surface area contributed by atoms with E-state index in [1.807, 2.05) is 13.0 Å². The second-order valence-electron chi connectivity index (χ2n) is 8.19. The van der Waals surface area contributed by atoms with E-state index >= 15 is 0 Å². The molecule has 1 unspecified atom stereocenters. The summed E-state index contributed by atoms with van der Waals surface area (Å²) in [4.78, 5) is 24.3. The average molecular weight is 459 g/mol. The number of aliphatic hydroxyl groups is 1. The quantitative estimate of drug-likeness (QED) is 0.401. The molecule has 2 aliphatic heterocycles. The van der Waals surface area contributed by atoms with Crippen LogP contribution in [0.4, 0.5) is 23.3 Å². The molecule has 2 aromatic heterocycles. The van der Waals surface area contributed by atoms with Crippen LogP contribution in [-0.4, -0.2) is 63.2 Å². The highest BCUT2D eigenvalue weighted by Gasteiger charge is 2.26. The molecular formula is C21H30N8O2S. The Kier molecular flexibility index (Phi) is 7.59. The van der Waals surface area contributed by atoms with Gasteiger partial charge >= 0.3 is 0 Å². The Balaban J connectivity index is 1.67. The number of aryl methyl sites for hydroxylation is 1. The summed E-state index contributed by atoms with van der Waals surface area (Å²) in [6.07, 6.45) is 5.61. The lowest BCUT2D eigenvalue weighted by atomic mass is 9.92. The van der Waals surface area contributed by atoms with Crippen molar-refractivity contribution >= 4 is 41.1 Å². The summed E-state index contributed by atoms with van der Waals surface area (Å²) >= 11 is 1.35. The van der Waals surface area contributed by atoms with E-state index < -0.39 is 0 Å². The number of amides is 1. The number of nitrogens with zero attached hydrogens (tertiary/aromatic N) is 5. The van der Waals surface area contributed by atoms with Gasteiger partial charge in [0, 0.05) is 43.2 Å². The Morgan fingerprint density at radius 2 is 2.09 bits per heavy atom. The highest BCUT2D eigenvalue weighted by molar-refractivity contribution is 8.00. The molecule has 2 aromatic rings. The number of aromatic nitrogens is 4. The maximum absolute atomic E-state index is 13.2. The number of carbonyl (C=O) groups is 1. The molecule has 0 spiro atoms. The number of carbonyl (C=O) groups excluding carboxylic acids is 1. The molecule has 0 radical (unpaired) electrons. The van der Waals surface area contributed by atoms with Crippen molar-refractivity contribution in [3.63, 3.8) is 0 Å². The predicted octanol–water partition coefficient (Wildman–Crippen LogP) is 2.69. The van der Waals surface area contributed by atoms with Crippen LogP contribution in [-0.2, 0) is 0 Å². The van der Waals surface area contributed by atoms with Crippen molar-refractivity contribution in [3.8, 4) is 0 Å². The molecule has 1 atom stereocenters. The molecule has 0 aliphatic carbocycles. The Morgan fingerprint density at radius 1 is 1.22 bits per heavy atom. The van der Waals surface area contributed by atoms with Crippen molar-refractivity contribution in [3.05, 3.63) is 23.5 Å². The number of fused-ring (bicyclic) bond motifs is 6. The van der Waals surface area contributed by atoms with Crippen LogP contribution in [0.5, 0.6) is 0 Å². The van der Waals surface area contributed by atoms with E-state index in [1.54, 1.807) is 6.07 Å². The van der Waals surface area contributed by atoms with Gasteiger partial charge in [0.2, 0.25) is 5.95 Å². The molecule has 4 rings (SSSR count). The molecule has 0 aromatic carbocycles. The van der Waals surface area contributed by atoms with Crippen LogP contribution < -0.4 is 20.3 Å². The Morgan fingerprint density at radius 3 is 2.97 bits per heavy atom. The van der Waals surface area contributed by atoms with Gasteiger partial charge in [-0.25, -0.2) is 4.98 Å². The van der Waals surface area contributed by atoms with Gasteiger partial charge in [-0.2, -0.15) is 4.98 Å². The molecule has 2 aliphatic rings. The zero-order valence-corrected chi connectivity index (χ0v) is 19.1. The maximum Gasteiger partial charge on any atom is 0.279 e. The van der Waals surface area contributed by atoms with Crippen LogP contribution in [0.2, 0.25) is 0 Å². The summed E-state index contributed by atoms with van der Waals surface area (Å²) < 4.78 is 3.11. The van der Waals surface area contributed by atoms with Crippen molar-refractivity contribution in [2.75, 3.05) is 52.2 Å². The van der Waals surface area contributed by atoms with Gasteiger partial charge in [-0.3, -0.25) is 4.79 Å². The van der Waals surface area contributed by atoms with Gasteiger partial charge in [0.15, 0.2) is 11.5 Å². The normalized spacial score (nSPS) is 19.1. The molecule has 32 heavy (non-hydrogen) atoms. The number of nitrogens with one attached hydrogen (secondary N) is 3. The third-order valence-electron chi connectivity index (χ3n) is 5.64. The molecule has 1 fully saturated rings. The number of rotatable bonds is 4. The minimum Gasteiger partial charge on any atom is -0.395 e. The predicted molar refractivity (Wildman–Crippen MR) is 127 cm³/mol. The van der Waals surface area contributed by atoms with Gasteiger partial charge in [-0.15, -0.1) is 10.2 Å². The van der Waals surface area contributed by atoms with Crippen molar-refractivity contribution < 1.29 is 9.90 Å². The van der Waals surface area contributed by atoms with Gasteiger partial charge in [0.05, 0.1) is 12.3 Å². The van der Waals surface area contributed by atoms with Crippen LogP contribution in [0.25, 0.3) is 0 Å². The first-order valence-electron chi connectivity index (χ1n) is 11.1. The number of hydrogen-bond acceptors (Lipinski definition) is 10. The summed E-state index contributed by atoms with van der Waals surface area (Å²) in [5, 5.41) is 23.6. The molecule has 1 saturated heterocycles. The van der Waals surface area contributed by atoms with E-state index in [1.165, 1.54) is 18.4 Å². The maximum atomic E-state index is 13.2. The highest BCUT2D eigenvalue weighted by atomic mass is 32.2. The summed E-state index contributed by atoms with van der Waals surface area (Å²) in [6, 6.07) is 3.62. The lowest BCUT2D eigenvalue weighted by Gasteiger charge is -2.35. The second kappa shape index (κ2) is 10.8. The Bertz CT molecular complexity index is 944. The van der Waals surface area contributed by atoms with E-state index in [0.29, 0.717) is 29.3 Å². The largest absolute Gasteiger partial charge is 0.395 e. The van der Waals surface area contributed by atoms with Crippen molar-refractivity contribution in [1.82, 2.24) is 20.2 Å². The number of anilines is 4. The second-order valence-corrected chi connectivity index (χ2v) is 9.09. The van der Waals surface area contributed by atoms with Gasteiger partial charge in [0.1, 0.15) is 5.82 Å². The highest BCUT2D eigenvalue weighted by Crippen LogP contribution is 2.30. The molecule has 4 bridgehead atoms. The van der Waals surface area contributed by atoms with Crippen LogP contribution in [0, 0.1) is 12.8 Å². The van der Waals surface area contributed by atoms with E-state index in [-0.39, 0.29) is 18.2 Å². The van der Waals surface area contributed by atoms with Gasteiger partial charge in [-0.05, 0) is 50.5 Å². The minimum atomic E-state index is -0.344. The van der Waals surface area contributed by atoms with Crippen molar-refractivity contribution in [2.45, 2.75) is 39.0 Å². The molecule has 4 N–H and O–H groups in total. The lowest BCUT2D eigenvalue weighted by molar-refractivity contribution is 0.102. The SMILES string of the molecule is Cc1cc2nc(n1)NCCCCC1CCCN(C1)c1cc(NSCCO)nnc1C(=O)N2. The van der Waals surface area contributed by atoms with E-state index in [9.17, 15) is 4.79 Å². The smallest absolute Gasteiger partial charge is 0.279 e. The minimum absolute atomic E-state index is 0.0709. The fraction of sp³-hybridized carbons (Fsp3) is 0.571. The van der Waals surface area contributed by atoms with Gasteiger partial charge in [-0.1, -0.05) is 6.42 Å². The van der Waals surface area contributed by atoms with Crippen molar-refractivity contribution in [1.29, 1.82) is 0 Å². The monoisotopic (exact) mass is 458 g/mol. The van der Waals surface area contributed by atoms with Crippen molar-refractivity contribution in [2.24, 2.45) is 5.92 Å². The van der Waals surface area contributed by atoms with E-state index in [4.69, 9.17) is 5.11 Å². The Labute approximate surface area is 192 Å². The number of hydrogen-bond donors (Lipinski definition) is 4. The standard InChI is InChI=1S/C21H30N8O2S/c1-14-11-17-24-20(31)19-16(12-18(26-27-19)28-32-10-9-30)29-8-4-6-15(13-29)5-2-3-7-22-21(23-14)25-17/h11-12,15,30H,2-10,13H2,1H3,(H,26,28)(H2,22,23,24,25,31). The first-order chi connectivity index (χ1) is 15.6. The zero-order chi connectivity index (χ0) is 22.3. The van der Waals surface area contributed by atoms with Gasteiger partial charge < -0.3 is 25.4 Å². The third-order valence-corrected chi connectivity index (χ3v) is 6.38. The van der Waals surface area contributed by atoms with Gasteiger partial charge in [0.25, 0.3) is 5.91 Å². The molecule has 172 valence electrons. The molecule has 4 heterocycles. The first kappa shape index (κ1) is 22.5.